The Morgan fingerprint density at radius 3 is 2.48 bits per heavy atom. The number of carbonyl (C=O) groups excluding carboxylic acids is 2. The summed E-state index contributed by atoms with van der Waals surface area (Å²) in [6.45, 7) is 1.98. The number of piperazine rings is 1. The fourth-order valence-electron chi connectivity index (χ4n) is 3.29. The molecule has 0 saturated carbocycles. The van der Waals surface area contributed by atoms with E-state index in [0.29, 0.717) is 36.9 Å². The molecule has 1 aromatic carbocycles. The highest BCUT2D eigenvalue weighted by molar-refractivity contribution is 6.30. The third-order valence-corrected chi connectivity index (χ3v) is 5.09. The number of halogens is 1. The van der Waals surface area contributed by atoms with Crippen LogP contribution in [-0.4, -0.2) is 62.6 Å². The van der Waals surface area contributed by atoms with Gasteiger partial charge in [-0.2, -0.15) is 5.10 Å². The van der Waals surface area contributed by atoms with Gasteiger partial charge in [-0.15, -0.1) is 0 Å². The summed E-state index contributed by atoms with van der Waals surface area (Å²) >= 11 is 6.02. The molecule has 0 atom stereocenters. The molecule has 3 aromatic rings. The van der Waals surface area contributed by atoms with Crippen LogP contribution in [0.5, 0.6) is 0 Å². The topological polar surface area (TPSA) is 71.3 Å². The molecular formula is C21H20ClN5O2. The lowest BCUT2D eigenvalue weighted by Crippen LogP contribution is -2.51. The van der Waals surface area contributed by atoms with E-state index in [-0.39, 0.29) is 18.2 Å². The molecule has 29 heavy (non-hydrogen) atoms. The minimum absolute atomic E-state index is 0.0287. The zero-order valence-corrected chi connectivity index (χ0v) is 16.5. The fraction of sp³-hybridized carbons (Fsp3) is 0.238. The van der Waals surface area contributed by atoms with Crippen LogP contribution < -0.4 is 0 Å². The van der Waals surface area contributed by atoms with Crippen LogP contribution in [0.4, 0.5) is 0 Å². The smallest absolute Gasteiger partial charge is 0.274 e. The molecule has 2 aromatic heterocycles. The van der Waals surface area contributed by atoms with E-state index in [1.54, 1.807) is 45.1 Å². The number of hydrogen-bond acceptors (Lipinski definition) is 4. The maximum absolute atomic E-state index is 12.8. The van der Waals surface area contributed by atoms with E-state index in [0.717, 1.165) is 11.4 Å². The lowest BCUT2D eigenvalue weighted by Gasteiger charge is -2.34. The standard InChI is InChI=1S/C21H20ClN5O2/c22-16-4-3-6-18(14-16)27-9-7-19(24-27)21(29)26-12-10-25(11-13-26)20(28)15-17-5-1-2-8-23-17/h1-9,14H,10-13,15H2. The van der Waals surface area contributed by atoms with Gasteiger partial charge in [0.15, 0.2) is 5.69 Å². The van der Waals surface area contributed by atoms with Crippen LogP contribution in [0.25, 0.3) is 5.69 Å². The number of pyridine rings is 1. The summed E-state index contributed by atoms with van der Waals surface area (Å²) in [6, 6.07) is 14.5. The van der Waals surface area contributed by atoms with E-state index in [2.05, 4.69) is 10.1 Å². The first-order chi connectivity index (χ1) is 14.1. The van der Waals surface area contributed by atoms with Crippen molar-refractivity contribution in [2.45, 2.75) is 6.42 Å². The molecule has 148 valence electrons. The van der Waals surface area contributed by atoms with Crippen molar-refractivity contribution in [2.75, 3.05) is 26.2 Å². The van der Waals surface area contributed by atoms with Crippen LogP contribution in [-0.2, 0) is 11.2 Å². The van der Waals surface area contributed by atoms with Crippen molar-refractivity contribution in [3.05, 3.63) is 77.3 Å². The first-order valence-corrected chi connectivity index (χ1v) is 9.76. The quantitative estimate of drug-likeness (QED) is 0.663. The van der Waals surface area contributed by atoms with Gasteiger partial charge in [0.25, 0.3) is 5.91 Å². The zero-order valence-electron chi connectivity index (χ0n) is 15.7. The highest BCUT2D eigenvalue weighted by atomic mass is 35.5. The number of aromatic nitrogens is 3. The zero-order chi connectivity index (χ0) is 20.2. The summed E-state index contributed by atoms with van der Waals surface area (Å²) in [5.41, 5.74) is 1.92. The first-order valence-electron chi connectivity index (χ1n) is 9.39. The van der Waals surface area contributed by atoms with Gasteiger partial charge in [0.1, 0.15) is 0 Å². The summed E-state index contributed by atoms with van der Waals surface area (Å²) in [5.74, 6) is -0.108. The number of carbonyl (C=O) groups is 2. The molecule has 8 heteroatoms. The van der Waals surface area contributed by atoms with E-state index in [1.165, 1.54) is 0 Å². The van der Waals surface area contributed by atoms with Gasteiger partial charge in [0, 0.05) is 49.3 Å². The molecule has 0 spiro atoms. The van der Waals surface area contributed by atoms with Crippen LogP contribution in [0, 0.1) is 0 Å². The molecule has 1 saturated heterocycles. The maximum atomic E-state index is 12.8. The summed E-state index contributed by atoms with van der Waals surface area (Å²) in [7, 11) is 0. The second-order valence-corrected chi connectivity index (χ2v) is 7.23. The molecule has 1 aliphatic rings. The summed E-state index contributed by atoms with van der Waals surface area (Å²) < 4.78 is 1.63. The van der Waals surface area contributed by atoms with Crippen molar-refractivity contribution in [3.63, 3.8) is 0 Å². The summed E-state index contributed by atoms with van der Waals surface area (Å²) in [6.07, 6.45) is 3.70. The van der Waals surface area contributed by atoms with Crippen LogP contribution in [0.1, 0.15) is 16.2 Å². The first kappa shape index (κ1) is 19.1. The number of amides is 2. The summed E-state index contributed by atoms with van der Waals surface area (Å²) in [4.78, 5) is 33.0. The average molecular weight is 410 g/mol. The molecule has 0 unspecified atom stereocenters. The molecule has 0 aliphatic carbocycles. The van der Waals surface area contributed by atoms with Gasteiger partial charge in [-0.1, -0.05) is 23.7 Å². The van der Waals surface area contributed by atoms with Gasteiger partial charge in [-0.25, -0.2) is 4.68 Å². The van der Waals surface area contributed by atoms with Gasteiger partial charge in [0.05, 0.1) is 12.1 Å². The highest BCUT2D eigenvalue weighted by Crippen LogP contribution is 2.15. The van der Waals surface area contributed by atoms with Crippen LogP contribution in [0.3, 0.4) is 0 Å². The maximum Gasteiger partial charge on any atom is 0.274 e. The highest BCUT2D eigenvalue weighted by Gasteiger charge is 2.26. The van der Waals surface area contributed by atoms with E-state index in [9.17, 15) is 9.59 Å². The minimum atomic E-state index is -0.136. The Morgan fingerprint density at radius 1 is 0.966 bits per heavy atom. The second kappa shape index (κ2) is 8.45. The average Bonchev–Trinajstić information content (AvgIpc) is 3.24. The molecule has 0 bridgehead atoms. The van der Waals surface area contributed by atoms with Crippen molar-refractivity contribution in [1.82, 2.24) is 24.6 Å². The lowest BCUT2D eigenvalue weighted by molar-refractivity contribution is -0.132. The third kappa shape index (κ3) is 4.46. The van der Waals surface area contributed by atoms with Gasteiger partial charge in [-0.05, 0) is 36.4 Å². The van der Waals surface area contributed by atoms with Crippen molar-refractivity contribution in [2.24, 2.45) is 0 Å². The lowest BCUT2D eigenvalue weighted by atomic mass is 10.2. The normalized spacial score (nSPS) is 14.1. The van der Waals surface area contributed by atoms with Gasteiger partial charge < -0.3 is 9.80 Å². The number of benzene rings is 1. The molecule has 7 nitrogen and oxygen atoms in total. The van der Waals surface area contributed by atoms with Crippen LogP contribution in [0.15, 0.2) is 60.9 Å². The summed E-state index contributed by atoms with van der Waals surface area (Å²) in [5, 5.41) is 4.99. The van der Waals surface area contributed by atoms with E-state index in [1.807, 2.05) is 30.3 Å². The molecule has 0 N–H and O–H groups in total. The predicted molar refractivity (Wildman–Crippen MR) is 109 cm³/mol. The molecule has 4 rings (SSSR count). The molecular weight excluding hydrogens is 390 g/mol. The Kier molecular flexibility index (Phi) is 5.57. The second-order valence-electron chi connectivity index (χ2n) is 6.80. The molecule has 1 aliphatic heterocycles. The van der Waals surface area contributed by atoms with Gasteiger partial charge >= 0.3 is 0 Å². The van der Waals surface area contributed by atoms with Crippen LogP contribution in [0.2, 0.25) is 5.02 Å². The Labute approximate surface area is 173 Å². The fourth-order valence-corrected chi connectivity index (χ4v) is 3.48. The SMILES string of the molecule is O=C(Cc1ccccn1)N1CCN(C(=O)c2ccn(-c3cccc(Cl)c3)n2)CC1. The molecule has 0 radical (unpaired) electrons. The largest absolute Gasteiger partial charge is 0.339 e. The van der Waals surface area contributed by atoms with Crippen LogP contribution >= 0.6 is 11.6 Å². The number of hydrogen-bond donors (Lipinski definition) is 0. The molecule has 2 amide bonds. The third-order valence-electron chi connectivity index (χ3n) is 4.86. The number of rotatable bonds is 4. The number of nitrogens with zero attached hydrogens (tertiary/aromatic N) is 5. The van der Waals surface area contributed by atoms with Crippen molar-refractivity contribution >= 4 is 23.4 Å². The van der Waals surface area contributed by atoms with E-state index in [4.69, 9.17) is 11.6 Å². The van der Waals surface area contributed by atoms with Crippen molar-refractivity contribution < 1.29 is 9.59 Å². The van der Waals surface area contributed by atoms with E-state index >= 15 is 0 Å². The molecule has 1 fully saturated rings. The predicted octanol–water partition coefficient (Wildman–Crippen LogP) is 2.45. The molecule has 3 heterocycles. The Balaban J connectivity index is 1.35. The Bertz CT molecular complexity index is 1010. The van der Waals surface area contributed by atoms with Gasteiger partial charge in [0.2, 0.25) is 5.91 Å². The van der Waals surface area contributed by atoms with Crippen molar-refractivity contribution in [3.8, 4) is 5.69 Å². The van der Waals surface area contributed by atoms with E-state index < -0.39 is 0 Å². The van der Waals surface area contributed by atoms with Crippen molar-refractivity contribution in [1.29, 1.82) is 0 Å². The Morgan fingerprint density at radius 2 is 1.76 bits per heavy atom. The monoisotopic (exact) mass is 409 g/mol. The minimum Gasteiger partial charge on any atom is -0.339 e. The Hall–Kier alpha value is -3.19. The van der Waals surface area contributed by atoms with Gasteiger partial charge in [-0.3, -0.25) is 14.6 Å².